The van der Waals surface area contributed by atoms with Crippen LogP contribution < -0.4 is 10.6 Å². The van der Waals surface area contributed by atoms with Crippen LogP contribution in [0.1, 0.15) is 26.2 Å². The minimum Gasteiger partial charge on any atom is -0.468 e. The van der Waals surface area contributed by atoms with Crippen LogP contribution in [0, 0.1) is 0 Å². The summed E-state index contributed by atoms with van der Waals surface area (Å²) in [7, 11) is 0. The van der Waals surface area contributed by atoms with E-state index < -0.39 is 37.1 Å². The number of hydrogen-bond acceptors (Lipinski definition) is 8. The molecular weight excluding hydrogens is 370 g/mol. The Morgan fingerprint density at radius 2 is 1.93 bits per heavy atom. The highest BCUT2D eigenvalue weighted by molar-refractivity contribution is 5.90. The third-order valence-corrected chi connectivity index (χ3v) is 4.10. The van der Waals surface area contributed by atoms with E-state index in [-0.39, 0.29) is 18.2 Å². The van der Waals surface area contributed by atoms with Crippen molar-refractivity contribution >= 4 is 23.6 Å². The fourth-order valence-corrected chi connectivity index (χ4v) is 2.56. The van der Waals surface area contributed by atoms with E-state index in [4.69, 9.17) is 9.57 Å². The summed E-state index contributed by atoms with van der Waals surface area (Å²) in [6.45, 7) is 1.32. The first kappa shape index (κ1) is 21.6. The fraction of sp³-hybridized carbons (Fsp3) is 0.500. The van der Waals surface area contributed by atoms with Crippen LogP contribution in [0.15, 0.2) is 35.5 Å². The number of aliphatic hydroxyl groups excluding tert-OH is 3. The van der Waals surface area contributed by atoms with E-state index in [1.54, 1.807) is 30.3 Å². The molecule has 0 radical (unpaired) electrons. The number of amides is 2. The molecule has 1 saturated heterocycles. The molecule has 1 heterocycles. The number of carbonyl (C=O) groups is 2. The molecule has 0 aromatic heterocycles. The summed E-state index contributed by atoms with van der Waals surface area (Å²) in [5, 5.41) is 38.1. The lowest BCUT2D eigenvalue weighted by molar-refractivity contribution is -0.128. The van der Waals surface area contributed by atoms with E-state index in [2.05, 4.69) is 15.8 Å². The molecule has 1 aromatic carbocycles. The summed E-state index contributed by atoms with van der Waals surface area (Å²) >= 11 is 0. The van der Waals surface area contributed by atoms with Crippen LogP contribution >= 0.6 is 0 Å². The number of para-hydroxylation sites is 1. The second-order valence-corrected chi connectivity index (χ2v) is 6.27. The van der Waals surface area contributed by atoms with Crippen molar-refractivity contribution < 1.29 is 34.5 Å². The molecule has 0 bridgehead atoms. The van der Waals surface area contributed by atoms with Gasteiger partial charge in [-0.25, -0.2) is 4.79 Å². The van der Waals surface area contributed by atoms with Crippen LogP contribution in [0.25, 0.3) is 0 Å². The maximum absolute atomic E-state index is 12.0. The lowest BCUT2D eigenvalue weighted by Gasteiger charge is -2.37. The van der Waals surface area contributed by atoms with Gasteiger partial charge in [-0.3, -0.25) is 14.9 Å². The second kappa shape index (κ2) is 10.6. The second-order valence-electron chi connectivity index (χ2n) is 6.27. The number of benzene rings is 1. The molecule has 1 fully saturated rings. The van der Waals surface area contributed by atoms with E-state index in [1.165, 1.54) is 0 Å². The Bertz CT molecular complexity index is 683. The van der Waals surface area contributed by atoms with Crippen molar-refractivity contribution in [1.82, 2.24) is 5.32 Å². The summed E-state index contributed by atoms with van der Waals surface area (Å²) in [5.74, 6) is -0.713. The summed E-state index contributed by atoms with van der Waals surface area (Å²) in [4.78, 5) is 28.6. The van der Waals surface area contributed by atoms with Crippen molar-refractivity contribution in [1.29, 1.82) is 0 Å². The highest BCUT2D eigenvalue weighted by atomic mass is 16.7. The Kier molecular flexibility index (Phi) is 8.18. The van der Waals surface area contributed by atoms with Crippen molar-refractivity contribution in [3.63, 3.8) is 0 Å². The van der Waals surface area contributed by atoms with Crippen LogP contribution in [0.2, 0.25) is 0 Å². The number of ether oxygens (including phenoxy) is 1. The van der Waals surface area contributed by atoms with Crippen LogP contribution in [0.5, 0.6) is 0 Å². The van der Waals surface area contributed by atoms with E-state index in [1.807, 2.05) is 6.92 Å². The van der Waals surface area contributed by atoms with Gasteiger partial charge < -0.3 is 25.4 Å². The molecule has 10 nitrogen and oxygen atoms in total. The zero-order chi connectivity index (χ0) is 20.5. The summed E-state index contributed by atoms with van der Waals surface area (Å²) in [5.41, 5.74) is 0.477. The molecule has 0 spiro atoms. The number of oxime groups is 1. The quantitative estimate of drug-likeness (QED) is 0.330. The molecule has 154 valence electrons. The highest BCUT2D eigenvalue weighted by Gasteiger charge is 2.44. The average molecular weight is 395 g/mol. The van der Waals surface area contributed by atoms with Crippen LogP contribution in [-0.4, -0.2) is 64.2 Å². The largest absolute Gasteiger partial charge is 0.468 e. The third-order valence-electron chi connectivity index (χ3n) is 4.10. The topological polar surface area (TPSA) is 150 Å². The molecule has 4 atom stereocenters. The summed E-state index contributed by atoms with van der Waals surface area (Å²) in [6, 6.07) is 7.27. The van der Waals surface area contributed by atoms with Gasteiger partial charge in [0, 0.05) is 12.1 Å². The Hall–Kier alpha value is -2.69. The number of carbonyl (C=O) groups excluding carboxylic acids is 2. The zero-order valence-electron chi connectivity index (χ0n) is 15.4. The van der Waals surface area contributed by atoms with Gasteiger partial charge in [-0.2, -0.15) is 0 Å². The summed E-state index contributed by atoms with van der Waals surface area (Å²) in [6.07, 6.45) is -3.41. The molecule has 0 aliphatic carbocycles. The van der Waals surface area contributed by atoms with Gasteiger partial charge in [-0.15, -0.1) is 0 Å². The number of aliphatic hydroxyl groups is 3. The number of anilines is 1. The minimum absolute atomic E-state index is 0.210. The number of unbranched alkanes of at least 4 members (excludes halogenated alkanes) is 1. The van der Waals surface area contributed by atoms with Crippen molar-refractivity contribution in [2.24, 2.45) is 5.16 Å². The predicted octanol–water partition coefficient (Wildman–Crippen LogP) is 0.336. The molecule has 1 aliphatic rings. The number of nitrogens with zero attached hydrogens (tertiary/aromatic N) is 1. The molecule has 2 amide bonds. The Morgan fingerprint density at radius 3 is 2.57 bits per heavy atom. The predicted molar refractivity (Wildman–Crippen MR) is 99.4 cm³/mol. The first-order valence-electron chi connectivity index (χ1n) is 9.00. The van der Waals surface area contributed by atoms with Gasteiger partial charge in [-0.1, -0.05) is 31.5 Å². The number of hydrogen-bond donors (Lipinski definition) is 5. The SMILES string of the molecule is CCCCC(=O)NC1C(=NOC(=O)Nc2ccccc2)OC(CO)C(O)C1O. The van der Waals surface area contributed by atoms with E-state index in [9.17, 15) is 24.9 Å². The molecule has 1 aromatic rings. The van der Waals surface area contributed by atoms with Gasteiger partial charge in [0.15, 0.2) is 6.10 Å². The lowest BCUT2D eigenvalue weighted by atomic mass is 9.97. The fourth-order valence-electron chi connectivity index (χ4n) is 2.56. The van der Waals surface area contributed by atoms with Crippen LogP contribution in [-0.2, 0) is 14.4 Å². The van der Waals surface area contributed by atoms with E-state index >= 15 is 0 Å². The van der Waals surface area contributed by atoms with E-state index in [0.717, 1.165) is 6.42 Å². The maximum atomic E-state index is 12.0. The first-order valence-corrected chi connectivity index (χ1v) is 9.00. The smallest absolute Gasteiger partial charge is 0.437 e. The molecular formula is C18H25N3O7. The Morgan fingerprint density at radius 1 is 1.21 bits per heavy atom. The molecule has 10 heteroatoms. The Labute approximate surface area is 162 Å². The Balaban J connectivity index is 2.09. The number of rotatable bonds is 7. The van der Waals surface area contributed by atoms with Crippen LogP contribution in [0.4, 0.5) is 10.5 Å². The molecule has 2 rings (SSSR count). The van der Waals surface area contributed by atoms with Gasteiger partial charge in [0.25, 0.3) is 5.90 Å². The molecule has 4 unspecified atom stereocenters. The van der Waals surface area contributed by atoms with Gasteiger partial charge in [-0.05, 0) is 23.7 Å². The molecule has 0 saturated carbocycles. The monoisotopic (exact) mass is 395 g/mol. The third kappa shape index (κ3) is 5.91. The highest BCUT2D eigenvalue weighted by Crippen LogP contribution is 2.18. The minimum atomic E-state index is -1.50. The molecule has 1 aliphatic heterocycles. The van der Waals surface area contributed by atoms with Crippen molar-refractivity contribution in [2.75, 3.05) is 11.9 Å². The van der Waals surface area contributed by atoms with Crippen LogP contribution in [0.3, 0.4) is 0 Å². The standard InChI is InChI=1S/C18H25N3O7/c1-2-3-9-13(23)20-14-16(25)15(24)12(10-22)27-17(14)21-28-18(26)19-11-7-5-4-6-8-11/h4-8,12,14-16,22,24-25H,2-3,9-10H2,1H3,(H,19,26)(H,20,23). The molecule has 5 N–H and O–H groups in total. The summed E-state index contributed by atoms with van der Waals surface area (Å²) < 4.78 is 5.31. The van der Waals surface area contributed by atoms with Crippen molar-refractivity contribution in [3.8, 4) is 0 Å². The van der Waals surface area contributed by atoms with E-state index in [0.29, 0.717) is 12.1 Å². The van der Waals surface area contributed by atoms with Gasteiger partial charge in [0.2, 0.25) is 5.91 Å². The first-order chi connectivity index (χ1) is 13.5. The van der Waals surface area contributed by atoms with Crippen molar-refractivity contribution in [2.45, 2.75) is 50.5 Å². The van der Waals surface area contributed by atoms with Crippen molar-refractivity contribution in [3.05, 3.63) is 30.3 Å². The lowest BCUT2D eigenvalue weighted by Crippen LogP contribution is -2.62. The average Bonchev–Trinajstić information content (AvgIpc) is 2.70. The van der Waals surface area contributed by atoms with Gasteiger partial charge in [0.1, 0.15) is 18.2 Å². The molecule has 28 heavy (non-hydrogen) atoms. The number of nitrogens with one attached hydrogen (secondary N) is 2. The normalized spacial score (nSPS) is 25.6. The zero-order valence-corrected chi connectivity index (χ0v) is 15.4. The maximum Gasteiger partial charge on any atom is 0.437 e. The van der Waals surface area contributed by atoms with Gasteiger partial charge in [0.05, 0.1) is 6.61 Å². The van der Waals surface area contributed by atoms with Gasteiger partial charge >= 0.3 is 6.09 Å².